The van der Waals surface area contributed by atoms with Gasteiger partial charge < -0.3 is 10.6 Å². The summed E-state index contributed by atoms with van der Waals surface area (Å²) in [6, 6.07) is 4.39. The highest BCUT2D eigenvalue weighted by Crippen LogP contribution is 2.35. The molecular weight excluding hydrogens is 306 g/mol. The maximum atomic E-state index is 12.5. The number of amides is 1. The first-order chi connectivity index (χ1) is 10.2. The van der Waals surface area contributed by atoms with Crippen molar-refractivity contribution in [2.24, 2.45) is 7.05 Å². The summed E-state index contributed by atoms with van der Waals surface area (Å²) in [7, 11) is 1.80. The Bertz CT molecular complexity index is 625. The van der Waals surface area contributed by atoms with Crippen molar-refractivity contribution in [2.45, 2.75) is 24.0 Å². The van der Waals surface area contributed by atoms with E-state index < -0.39 is 0 Å². The minimum Gasteiger partial charge on any atom is -0.368 e. The van der Waals surface area contributed by atoms with Crippen LogP contribution in [0.15, 0.2) is 22.7 Å². The van der Waals surface area contributed by atoms with Crippen LogP contribution in [0.5, 0.6) is 0 Å². The van der Waals surface area contributed by atoms with Crippen LogP contribution < -0.4 is 5.73 Å². The molecule has 1 saturated heterocycles. The second-order valence-electron chi connectivity index (χ2n) is 4.95. The molecular formula is C13H17N5OS2. The van der Waals surface area contributed by atoms with Gasteiger partial charge in [0, 0.05) is 18.5 Å². The first kappa shape index (κ1) is 14.4. The summed E-state index contributed by atoms with van der Waals surface area (Å²) in [5.41, 5.74) is 5.64. The number of nitrogens with zero attached hydrogens (tertiary/aromatic N) is 4. The Labute approximate surface area is 131 Å². The fourth-order valence-electron chi connectivity index (χ4n) is 2.50. The topological polar surface area (TPSA) is 77.0 Å². The van der Waals surface area contributed by atoms with Gasteiger partial charge in [-0.05, 0) is 24.3 Å². The average Bonchev–Trinajstić information content (AvgIpc) is 3.19. The van der Waals surface area contributed by atoms with Crippen LogP contribution in [0.2, 0.25) is 0 Å². The van der Waals surface area contributed by atoms with Crippen molar-refractivity contribution in [1.29, 1.82) is 0 Å². The Hall–Kier alpha value is -1.54. The summed E-state index contributed by atoms with van der Waals surface area (Å²) in [6.45, 7) is 0.836. The quantitative estimate of drug-likeness (QED) is 0.870. The van der Waals surface area contributed by atoms with Crippen molar-refractivity contribution in [3.05, 3.63) is 22.4 Å². The molecule has 112 valence electrons. The number of anilines is 1. The molecule has 0 aromatic carbocycles. The summed E-state index contributed by atoms with van der Waals surface area (Å²) in [6.07, 6.45) is 2.11. The van der Waals surface area contributed by atoms with Gasteiger partial charge in [-0.3, -0.25) is 9.36 Å². The third kappa shape index (κ3) is 2.91. The lowest BCUT2D eigenvalue weighted by Crippen LogP contribution is -2.31. The van der Waals surface area contributed by atoms with Gasteiger partial charge in [0.15, 0.2) is 5.16 Å². The third-order valence-corrected chi connectivity index (χ3v) is 5.62. The van der Waals surface area contributed by atoms with Gasteiger partial charge in [0.25, 0.3) is 0 Å². The molecule has 0 spiro atoms. The van der Waals surface area contributed by atoms with Gasteiger partial charge in [0.05, 0.1) is 11.8 Å². The van der Waals surface area contributed by atoms with Gasteiger partial charge in [-0.25, -0.2) is 0 Å². The van der Waals surface area contributed by atoms with E-state index in [9.17, 15) is 4.79 Å². The summed E-state index contributed by atoms with van der Waals surface area (Å²) in [5, 5.41) is 10.5. The molecule has 1 fully saturated rings. The van der Waals surface area contributed by atoms with E-state index in [-0.39, 0.29) is 11.9 Å². The Morgan fingerprint density at radius 2 is 2.43 bits per heavy atom. The minimum atomic E-state index is 0.150. The number of aromatic nitrogens is 3. The molecule has 2 N–H and O–H groups in total. The van der Waals surface area contributed by atoms with Crippen LogP contribution in [0.4, 0.5) is 5.95 Å². The van der Waals surface area contributed by atoms with Crippen molar-refractivity contribution in [2.75, 3.05) is 18.0 Å². The average molecular weight is 323 g/mol. The van der Waals surface area contributed by atoms with Crippen molar-refractivity contribution in [3.8, 4) is 0 Å². The minimum absolute atomic E-state index is 0.150. The van der Waals surface area contributed by atoms with Crippen LogP contribution in [0.3, 0.4) is 0 Å². The lowest BCUT2D eigenvalue weighted by molar-refractivity contribution is -0.129. The molecule has 1 unspecified atom stereocenters. The van der Waals surface area contributed by atoms with Crippen LogP contribution in [0, 0.1) is 0 Å². The van der Waals surface area contributed by atoms with Crippen LogP contribution in [-0.4, -0.2) is 37.9 Å². The molecule has 3 heterocycles. The SMILES string of the molecule is Cn1c(N)nnc1SCC(=O)N1CCCC1c1cccs1. The number of thioether (sulfide) groups is 1. The third-order valence-electron chi connectivity index (χ3n) is 3.64. The Morgan fingerprint density at radius 1 is 1.57 bits per heavy atom. The summed E-state index contributed by atoms with van der Waals surface area (Å²) < 4.78 is 1.69. The maximum Gasteiger partial charge on any atom is 0.233 e. The largest absolute Gasteiger partial charge is 0.368 e. The van der Waals surface area contributed by atoms with E-state index in [4.69, 9.17) is 5.73 Å². The van der Waals surface area contributed by atoms with Gasteiger partial charge in [0.2, 0.25) is 11.9 Å². The number of nitrogen functional groups attached to an aromatic ring is 1. The molecule has 1 atom stereocenters. The fraction of sp³-hybridized carbons (Fsp3) is 0.462. The Balaban J connectivity index is 1.63. The number of thiophene rings is 1. The van der Waals surface area contributed by atoms with Crippen molar-refractivity contribution < 1.29 is 4.79 Å². The predicted octanol–water partition coefficient (Wildman–Crippen LogP) is 1.91. The molecule has 21 heavy (non-hydrogen) atoms. The lowest BCUT2D eigenvalue weighted by atomic mass is 10.2. The molecule has 0 radical (unpaired) electrons. The smallest absolute Gasteiger partial charge is 0.233 e. The zero-order chi connectivity index (χ0) is 14.8. The number of carbonyl (C=O) groups is 1. The highest BCUT2D eigenvalue weighted by Gasteiger charge is 2.30. The Morgan fingerprint density at radius 3 is 3.10 bits per heavy atom. The van der Waals surface area contributed by atoms with Gasteiger partial charge in [-0.15, -0.1) is 21.5 Å². The highest BCUT2D eigenvalue weighted by atomic mass is 32.2. The van der Waals surface area contributed by atoms with E-state index in [0.717, 1.165) is 19.4 Å². The molecule has 6 nitrogen and oxygen atoms in total. The van der Waals surface area contributed by atoms with Crippen molar-refractivity contribution in [1.82, 2.24) is 19.7 Å². The molecule has 1 aliphatic rings. The van der Waals surface area contributed by atoms with E-state index in [2.05, 4.69) is 21.6 Å². The normalized spacial score (nSPS) is 18.3. The molecule has 3 rings (SSSR count). The van der Waals surface area contributed by atoms with Crippen molar-refractivity contribution in [3.63, 3.8) is 0 Å². The first-order valence-electron chi connectivity index (χ1n) is 6.77. The van der Waals surface area contributed by atoms with E-state index in [1.54, 1.807) is 23.0 Å². The van der Waals surface area contributed by atoms with Crippen LogP contribution in [0.1, 0.15) is 23.8 Å². The monoisotopic (exact) mass is 323 g/mol. The summed E-state index contributed by atoms with van der Waals surface area (Å²) in [4.78, 5) is 15.7. The van der Waals surface area contributed by atoms with Gasteiger partial charge in [0.1, 0.15) is 0 Å². The number of likely N-dealkylation sites (tertiary alicyclic amines) is 1. The molecule has 8 heteroatoms. The molecule has 1 amide bonds. The second-order valence-corrected chi connectivity index (χ2v) is 6.87. The van der Waals surface area contributed by atoms with Crippen LogP contribution in [0.25, 0.3) is 0 Å². The molecule has 0 saturated carbocycles. The standard InChI is InChI=1S/C13H17N5OS2/c1-17-12(14)15-16-13(17)21-8-11(19)18-6-2-4-9(18)10-5-3-7-20-10/h3,5,7,9H,2,4,6,8H2,1H3,(H2,14,15). The molecule has 1 aliphatic heterocycles. The number of hydrogen-bond acceptors (Lipinski definition) is 6. The van der Waals surface area contributed by atoms with Gasteiger partial charge in [-0.1, -0.05) is 17.8 Å². The number of nitrogens with two attached hydrogens (primary N) is 1. The highest BCUT2D eigenvalue weighted by molar-refractivity contribution is 7.99. The zero-order valence-corrected chi connectivity index (χ0v) is 13.4. The second kappa shape index (κ2) is 6.07. The van der Waals surface area contributed by atoms with Crippen LogP contribution in [-0.2, 0) is 11.8 Å². The van der Waals surface area contributed by atoms with E-state index in [0.29, 0.717) is 16.9 Å². The molecule has 2 aromatic heterocycles. The summed E-state index contributed by atoms with van der Waals surface area (Å²) >= 11 is 3.10. The zero-order valence-electron chi connectivity index (χ0n) is 11.7. The Kier molecular flexibility index (Phi) is 4.16. The van der Waals surface area contributed by atoms with Gasteiger partial charge >= 0.3 is 0 Å². The first-order valence-corrected chi connectivity index (χ1v) is 8.64. The molecule has 0 bridgehead atoms. The van der Waals surface area contributed by atoms with E-state index in [1.165, 1.54) is 16.6 Å². The fourth-order valence-corrected chi connectivity index (χ4v) is 4.18. The van der Waals surface area contributed by atoms with E-state index >= 15 is 0 Å². The van der Waals surface area contributed by atoms with Crippen molar-refractivity contribution >= 4 is 35.0 Å². The number of carbonyl (C=O) groups excluding carboxylic acids is 1. The molecule has 0 aliphatic carbocycles. The van der Waals surface area contributed by atoms with E-state index in [1.807, 2.05) is 11.0 Å². The maximum absolute atomic E-state index is 12.5. The lowest BCUT2D eigenvalue weighted by Gasteiger charge is -2.23. The predicted molar refractivity (Wildman–Crippen MR) is 84.1 cm³/mol. The van der Waals surface area contributed by atoms with Gasteiger partial charge in [-0.2, -0.15) is 0 Å². The summed E-state index contributed by atoms with van der Waals surface area (Å²) in [5.74, 6) is 0.883. The van der Waals surface area contributed by atoms with Crippen LogP contribution >= 0.6 is 23.1 Å². The number of hydrogen-bond donors (Lipinski definition) is 1. The molecule has 2 aromatic rings. The number of rotatable bonds is 4.